The molecule has 1 aromatic rings. The summed E-state index contributed by atoms with van der Waals surface area (Å²) in [6, 6.07) is 6.86. The third-order valence-corrected chi connectivity index (χ3v) is 3.96. The van der Waals surface area contributed by atoms with E-state index in [1.54, 1.807) is 24.3 Å². The number of sulfone groups is 1. The minimum Gasteiger partial charge on any atom is -0.385 e. The lowest BCUT2D eigenvalue weighted by Crippen LogP contribution is -2.03. The molecule has 3 nitrogen and oxygen atoms in total. The molecular formula is C11H17NO2S2. The van der Waals surface area contributed by atoms with Gasteiger partial charge < -0.3 is 5.32 Å². The Morgan fingerprint density at radius 3 is 2.38 bits per heavy atom. The Balaban J connectivity index is 2.52. The largest absolute Gasteiger partial charge is 0.385 e. The van der Waals surface area contributed by atoms with E-state index in [2.05, 4.69) is 11.6 Å². The van der Waals surface area contributed by atoms with E-state index in [0.717, 1.165) is 24.4 Å². The molecule has 0 amide bonds. The second kappa shape index (κ2) is 6.15. The second-order valence-electron chi connectivity index (χ2n) is 3.57. The van der Waals surface area contributed by atoms with Crippen LogP contribution in [0, 0.1) is 0 Å². The minimum atomic E-state index is -3.08. The van der Waals surface area contributed by atoms with E-state index < -0.39 is 9.84 Å². The first kappa shape index (κ1) is 13.4. The van der Waals surface area contributed by atoms with E-state index in [-0.39, 0.29) is 0 Å². The van der Waals surface area contributed by atoms with Gasteiger partial charge in [-0.05, 0) is 42.7 Å². The van der Waals surface area contributed by atoms with Crippen molar-refractivity contribution in [1.82, 2.24) is 0 Å². The van der Waals surface area contributed by atoms with Crippen LogP contribution in [-0.2, 0) is 9.84 Å². The van der Waals surface area contributed by atoms with Crippen molar-refractivity contribution in [2.45, 2.75) is 11.3 Å². The molecule has 0 atom stereocenters. The van der Waals surface area contributed by atoms with Gasteiger partial charge in [-0.3, -0.25) is 0 Å². The number of hydrogen-bond acceptors (Lipinski definition) is 4. The highest BCUT2D eigenvalue weighted by molar-refractivity contribution is 7.98. The molecule has 5 heteroatoms. The summed E-state index contributed by atoms with van der Waals surface area (Å²) in [5.74, 6) is 1.13. The maximum Gasteiger partial charge on any atom is 0.175 e. The first-order valence-electron chi connectivity index (χ1n) is 5.07. The van der Waals surface area contributed by atoms with Gasteiger partial charge in [0.15, 0.2) is 9.84 Å². The number of nitrogens with one attached hydrogen (secondary N) is 1. The molecule has 0 bridgehead atoms. The Hall–Kier alpha value is -0.680. The first-order chi connectivity index (χ1) is 7.54. The Morgan fingerprint density at radius 1 is 1.25 bits per heavy atom. The van der Waals surface area contributed by atoms with E-state index in [1.807, 2.05) is 11.8 Å². The van der Waals surface area contributed by atoms with Crippen LogP contribution in [0.15, 0.2) is 29.2 Å². The summed E-state index contributed by atoms with van der Waals surface area (Å²) in [5.41, 5.74) is 0.966. The van der Waals surface area contributed by atoms with E-state index in [4.69, 9.17) is 0 Å². The molecule has 1 N–H and O–H groups in total. The fourth-order valence-electron chi connectivity index (χ4n) is 1.27. The van der Waals surface area contributed by atoms with E-state index >= 15 is 0 Å². The predicted octanol–water partition coefficient (Wildman–Crippen LogP) is 2.26. The fourth-order valence-corrected chi connectivity index (χ4v) is 2.33. The Kier molecular flexibility index (Phi) is 5.15. The maximum atomic E-state index is 11.2. The van der Waals surface area contributed by atoms with Crippen LogP contribution in [0.1, 0.15) is 6.42 Å². The molecule has 0 aliphatic rings. The van der Waals surface area contributed by atoms with Crippen LogP contribution < -0.4 is 5.32 Å². The van der Waals surface area contributed by atoms with Crippen LogP contribution in [-0.4, -0.2) is 33.2 Å². The molecule has 0 aliphatic carbocycles. The van der Waals surface area contributed by atoms with Crippen molar-refractivity contribution < 1.29 is 8.42 Å². The number of anilines is 1. The van der Waals surface area contributed by atoms with E-state index in [9.17, 15) is 8.42 Å². The van der Waals surface area contributed by atoms with Gasteiger partial charge in [0.05, 0.1) is 4.90 Å². The molecule has 0 heterocycles. The second-order valence-corrected chi connectivity index (χ2v) is 6.57. The third kappa shape index (κ3) is 4.45. The number of rotatable bonds is 6. The van der Waals surface area contributed by atoms with Gasteiger partial charge in [0, 0.05) is 18.5 Å². The van der Waals surface area contributed by atoms with Gasteiger partial charge in [-0.25, -0.2) is 8.42 Å². The molecule has 1 rings (SSSR count). The monoisotopic (exact) mass is 259 g/mol. The summed E-state index contributed by atoms with van der Waals surface area (Å²) >= 11 is 1.82. The molecule has 0 unspecified atom stereocenters. The summed E-state index contributed by atoms with van der Waals surface area (Å²) in [6.45, 7) is 0.916. The van der Waals surface area contributed by atoms with E-state index in [0.29, 0.717) is 4.90 Å². The van der Waals surface area contributed by atoms with Gasteiger partial charge in [0.25, 0.3) is 0 Å². The zero-order valence-electron chi connectivity index (χ0n) is 9.56. The highest BCUT2D eigenvalue weighted by Gasteiger charge is 2.05. The van der Waals surface area contributed by atoms with Crippen LogP contribution in [0.2, 0.25) is 0 Å². The zero-order chi connectivity index (χ0) is 12.0. The quantitative estimate of drug-likeness (QED) is 0.796. The SMILES string of the molecule is CSCCCNc1ccc(S(C)(=O)=O)cc1. The lowest BCUT2D eigenvalue weighted by Gasteiger charge is -2.06. The summed E-state index contributed by atoms with van der Waals surface area (Å²) < 4.78 is 22.4. The number of thioether (sulfide) groups is 1. The van der Waals surface area contributed by atoms with Gasteiger partial charge >= 0.3 is 0 Å². The molecule has 0 spiro atoms. The molecular weight excluding hydrogens is 242 g/mol. The molecule has 0 saturated heterocycles. The smallest absolute Gasteiger partial charge is 0.175 e. The van der Waals surface area contributed by atoms with Crippen molar-refractivity contribution in [2.24, 2.45) is 0 Å². The van der Waals surface area contributed by atoms with Gasteiger partial charge in [0.2, 0.25) is 0 Å². The van der Waals surface area contributed by atoms with E-state index in [1.165, 1.54) is 6.26 Å². The summed E-state index contributed by atoms with van der Waals surface area (Å²) in [7, 11) is -3.08. The van der Waals surface area contributed by atoms with Gasteiger partial charge in [-0.15, -0.1) is 0 Å². The minimum absolute atomic E-state index is 0.363. The molecule has 90 valence electrons. The molecule has 0 aliphatic heterocycles. The molecule has 0 fully saturated rings. The van der Waals surface area contributed by atoms with Crippen LogP contribution in [0.4, 0.5) is 5.69 Å². The summed E-state index contributed by atoms with van der Waals surface area (Å²) in [4.78, 5) is 0.363. The molecule has 0 aromatic heterocycles. The molecule has 16 heavy (non-hydrogen) atoms. The standard InChI is InChI=1S/C11H17NO2S2/c1-15-9-3-8-12-10-4-6-11(7-5-10)16(2,13)14/h4-7,12H,3,8-9H2,1-2H3. The van der Waals surface area contributed by atoms with Crippen LogP contribution in [0.25, 0.3) is 0 Å². The topological polar surface area (TPSA) is 46.2 Å². The Morgan fingerprint density at radius 2 is 1.88 bits per heavy atom. The summed E-state index contributed by atoms with van der Waals surface area (Å²) in [6.07, 6.45) is 4.41. The van der Waals surface area contributed by atoms with Crippen molar-refractivity contribution >= 4 is 27.3 Å². The highest BCUT2D eigenvalue weighted by Crippen LogP contribution is 2.13. The van der Waals surface area contributed by atoms with Crippen LogP contribution in [0.5, 0.6) is 0 Å². The molecule has 0 radical (unpaired) electrons. The first-order valence-corrected chi connectivity index (χ1v) is 8.35. The average molecular weight is 259 g/mol. The van der Waals surface area contributed by atoms with Crippen molar-refractivity contribution in [2.75, 3.05) is 30.1 Å². The lowest BCUT2D eigenvalue weighted by atomic mass is 10.3. The maximum absolute atomic E-state index is 11.2. The summed E-state index contributed by atoms with van der Waals surface area (Å²) in [5, 5.41) is 3.25. The van der Waals surface area contributed by atoms with Gasteiger partial charge in [-0.1, -0.05) is 0 Å². The van der Waals surface area contributed by atoms with Crippen molar-refractivity contribution in [3.8, 4) is 0 Å². The molecule has 1 aromatic carbocycles. The van der Waals surface area contributed by atoms with Crippen molar-refractivity contribution in [3.63, 3.8) is 0 Å². The zero-order valence-corrected chi connectivity index (χ0v) is 11.2. The Bertz CT molecular complexity index is 412. The predicted molar refractivity (Wildman–Crippen MR) is 71.0 cm³/mol. The Labute approximate surface area is 102 Å². The van der Waals surface area contributed by atoms with Gasteiger partial charge in [0.1, 0.15) is 0 Å². The van der Waals surface area contributed by atoms with Crippen molar-refractivity contribution in [1.29, 1.82) is 0 Å². The van der Waals surface area contributed by atoms with Gasteiger partial charge in [-0.2, -0.15) is 11.8 Å². The van der Waals surface area contributed by atoms with Crippen molar-refractivity contribution in [3.05, 3.63) is 24.3 Å². The highest BCUT2D eigenvalue weighted by atomic mass is 32.2. The fraction of sp³-hybridized carbons (Fsp3) is 0.455. The average Bonchev–Trinajstić information content (AvgIpc) is 2.24. The normalized spacial score (nSPS) is 11.4. The third-order valence-electron chi connectivity index (χ3n) is 2.14. The lowest BCUT2D eigenvalue weighted by molar-refractivity contribution is 0.602. The number of benzene rings is 1. The molecule has 0 saturated carbocycles. The van der Waals surface area contributed by atoms with Crippen LogP contribution in [0.3, 0.4) is 0 Å². The number of hydrogen-bond donors (Lipinski definition) is 1. The van der Waals surface area contributed by atoms with Crippen LogP contribution >= 0.6 is 11.8 Å².